The first kappa shape index (κ1) is 26.2. The standard InChI is InChI=1S/C24H27ClFN7O4S/c1-12(29-24(34)37-2)11-28-23-27-8-7-17(30-23)21-20(31-22(32-21)13-3-4-13)16-9-14(26)10-18(19(16)25)33-38(35,36)15-5-6-15/h7-10,12-13,15,33H,3-6,11H2,1-2H3,(H,29,34)(H,31,32)(H,27,28,30). The topological polar surface area (TPSA) is 151 Å². The Kier molecular flexibility index (Phi) is 7.14. The van der Waals surface area contributed by atoms with Crippen molar-refractivity contribution in [2.24, 2.45) is 0 Å². The van der Waals surface area contributed by atoms with Crippen LogP contribution in [-0.4, -0.2) is 59.4 Å². The van der Waals surface area contributed by atoms with Gasteiger partial charge in [-0.15, -0.1) is 0 Å². The molecule has 38 heavy (non-hydrogen) atoms. The fourth-order valence-corrected chi connectivity index (χ4v) is 5.60. The number of H-pyrrole nitrogens is 1. The lowest BCUT2D eigenvalue weighted by Crippen LogP contribution is -2.37. The van der Waals surface area contributed by atoms with E-state index in [1.807, 2.05) is 0 Å². The summed E-state index contributed by atoms with van der Waals surface area (Å²) in [6, 6.07) is 3.71. The van der Waals surface area contributed by atoms with Gasteiger partial charge >= 0.3 is 6.09 Å². The van der Waals surface area contributed by atoms with Crippen molar-refractivity contribution in [3.63, 3.8) is 0 Å². The van der Waals surface area contributed by atoms with Crippen LogP contribution in [0.3, 0.4) is 0 Å². The van der Waals surface area contributed by atoms with Gasteiger partial charge in [0.15, 0.2) is 0 Å². The minimum atomic E-state index is -3.66. The van der Waals surface area contributed by atoms with Crippen LogP contribution in [0, 0.1) is 5.82 Å². The Morgan fingerprint density at radius 3 is 2.71 bits per heavy atom. The van der Waals surface area contributed by atoms with Crippen LogP contribution in [0.5, 0.6) is 0 Å². The highest BCUT2D eigenvalue weighted by Gasteiger charge is 2.36. The first-order valence-corrected chi connectivity index (χ1v) is 14.1. The van der Waals surface area contributed by atoms with E-state index in [1.165, 1.54) is 13.2 Å². The second-order valence-corrected chi connectivity index (χ2v) is 11.8. The molecule has 14 heteroatoms. The van der Waals surface area contributed by atoms with Crippen LogP contribution in [-0.2, 0) is 14.8 Å². The SMILES string of the molecule is COC(=O)NC(C)CNc1nccc(-c2[nH]c(C3CC3)nc2-c2cc(F)cc(NS(=O)(=O)C3CC3)c2Cl)n1. The van der Waals surface area contributed by atoms with E-state index in [2.05, 4.69) is 35.0 Å². The molecule has 2 aromatic heterocycles. The molecule has 2 heterocycles. The minimum absolute atomic E-state index is 0.0346. The molecule has 1 unspecified atom stereocenters. The molecule has 2 aliphatic rings. The van der Waals surface area contributed by atoms with Crippen LogP contribution >= 0.6 is 11.6 Å². The maximum atomic E-state index is 14.7. The maximum Gasteiger partial charge on any atom is 0.407 e. The summed E-state index contributed by atoms with van der Waals surface area (Å²) in [6.45, 7) is 2.13. The average molecular weight is 564 g/mol. The molecule has 11 nitrogen and oxygen atoms in total. The van der Waals surface area contributed by atoms with E-state index in [4.69, 9.17) is 16.6 Å². The number of nitrogens with zero attached hydrogens (tertiary/aromatic N) is 3. The van der Waals surface area contributed by atoms with Gasteiger partial charge in [-0.25, -0.2) is 32.6 Å². The van der Waals surface area contributed by atoms with Crippen LogP contribution in [0.2, 0.25) is 5.02 Å². The number of anilines is 2. The third-order valence-corrected chi connectivity index (χ3v) is 8.48. The van der Waals surface area contributed by atoms with Gasteiger partial charge in [-0.1, -0.05) is 11.6 Å². The van der Waals surface area contributed by atoms with Crippen molar-refractivity contribution in [1.29, 1.82) is 0 Å². The first-order valence-electron chi connectivity index (χ1n) is 12.2. The number of ether oxygens (including phenoxy) is 1. The van der Waals surface area contributed by atoms with E-state index in [0.717, 1.165) is 24.7 Å². The highest BCUT2D eigenvalue weighted by atomic mass is 35.5. The molecule has 0 aliphatic heterocycles. The molecule has 1 amide bonds. The molecule has 1 aromatic carbocycles. The zero-order chi connectivity index (χ0) is 27.0. The fraction of sp³-hybridized carbons (Fsp3) is 0.417. The molecule has 3 aromatic rings. The summed E-state index contributed by atoms with van der Waals surface area (Å²) in [5, 5.41) is 5.26. The Hall–Kier alpha value is -3.45. The quantitative estimate of drug-likeness (QED) is 0.285. The molecule has 202 valence electrons. The van der Waals surface area contributed by atoms with Crippen molar-refractivity contribution in [3.05, 3.63) is 41.1 Å². The highest BCUT2D eigenvalue weighted by molar-refractivity contribution is 7.93. The molecule has 2 fully saturated rings. The van der Waals surface area contributed by atoms with E-state index >= 15 is 0 Å². The van der Waals surface area contributed by atoms with E-state index in [-0.39, 0.29) is 28.2 Å². The number of amides is 1. The Balaban J connectivity index is 1.48. The Morgan fingerprint density at radius 1 is 1.26 bits per heavy atom. The molecular formula is C24H27ClFN7O4S. The van der Waals surface area contributed by atoms with E-state index in [9.17, 15) is 17.6 Å². The monoisotopic (exact) mass is 563 g/mol. The zero-order valence-electron chi connectivity index (χ0n) is 20.7. The number of sulfonamides is 1. The van der Waals surface area contributed by atoms with Gasteiger partial charge in [0.25, 0.3) is 0 Å². The fourth-order valence-electron chi connectivity index (χ4n) is 3.91. The lowest BCUT2D eigenvalue weighted by Gasteiger charge is -2.14. The molecule has 0 radical (unpaired) electrons. The molecule has 1 atom stereocenters. The van der Waals surface area contributed by atoms with E-state index in [1.54, 1.807) is 19.2 Å². The van der Waals surface area contributed by atoms with Gasteiger partial charge in [0.1, 0.15) is 11.6 Å². The van der Waals surface area contributed by atoms with Crippen LogP contribution < -0.4 is 15.4 Å². The molecule has 4 N–H and O–H groups in total. The Labute approximate surface area is 224 Å². The van der Waals surface area contributed by atoms with Gasteiger partial charge < -0.3 is 20.4 Å². The van der Waals surface area contributed by atoms with Gasteiger partial charge in [0.2, 0.25) is 16.0 Å². The molecule has 2 aliphatic carbocycles. The summed E-state index contributed by atoms with van der Waals surface area (Å²) in [4.78, 5) is 28.3. The second-order valence-electron chi connectivity index (χ2n) is 9.46. The van der Waals surface area contributed by atoms with Crippen LogP contribution in [0.4, 0.5) is 20.8 Å². The number of aromatic amines is 1. The Bertz CT molecular complexity index is 1470. The molecule has 0 saturated heterocycles. The average Bonchev–Trinajstić information content (AvgIpc) is 3.82. The minimum Gasteiger partial charge on any atom is -0.453 e. The van der Waals surface area contributed by atoms with Crippen molar-refractivity contribution >= 4 is 39.4 Å². The number of carbonyl (C=O) groups excluding carboxylic acids is 1. The third kappa shape index (κ3) is 5.83. The molecule has 5 rings (SSSR count). The lowest BCUT2D eigenvalue weighted by atomic mass is 10.1. The normalized spacial score (nSPS) is 16.1. The molecule has 2 saturated carbocycles. The number of imidazole rings is 1. The Morgan fingerprint density at radius 2 is 2.03 bits per heavy atom. The summed E-state index contributed by atoms with van der Waals surface area (Å²) in [5.41, 5.74) is 1.54. The number of nitrogens with one attached hydrogen (secondary N) is 4. The summed E-state index contributed by atoms with van der Waals surface area (Å²) in [7, 11) is -2.37. The van der Waals surface area contributed by atoms with Gasteiger partial charge in [0, 0.05) is 30.3 Å². The number of benzene rings is 1. The van der Waals surface area contributed by atoms with Crippen LogP contribution in [0.25, 0.3) is 22.6 Å². The molecule has 0 bridgehead atoms. The summed E-state index contributed by atoms with van der Waals surface area (Å²) in [5.74, 6) is 0.613. The summed E-state index contributed by atoms with van der Waals surface area (Å²) in [6.07, 6.45) is 4.08. The summed E-state index contributed by atoms with van der Waals surface area (Å²) < 4.78 is 46.8. The molecule has 0 spiro atoms. The number of methoxy groups -OCH3 is 1. The number of hydrogen-bond donors (Lipinski definition) is 4. The van der Waals surface area contributed by atoms with Crippen molar-refractivity contribution in [2.45, 2.75) is 49.8 Å². The van der Waals surface area contributed by atoms with Gasteiger partial charge in [-0.3, -0.25) is 4.72 Å². The van der Waals surface area contributed by atoms with Crippen molar-refractivity contribution in [1.82, 2.24) is 25.3 Å². The van der Waals surface area contributed by atoms with E-state index in [0.29, 0.717) is 42.4 Å². The van der Waals surface area contributed by atoms with Gasteiger partial charge in [-0.05, 0) is 50.8 Å². The van der Waals surface area contributed by atoms with Crippen LogP contribution in [0.15, 0.2) is 24.4 Å². The predicted octanol–water partition coefficient (Wildman–Crippen LogP) is 4.26. The number of carbonyl (C=O) groups is 1. The number of hydrogen-bond acceptors (Lipinski definition) is 8. The third-order valence-electron chi connectivity index (χ3n) is 6.22. The predicted molar refractivity (Wildman–Crippen MR) is 141 cm³/mol. The number of aromatic nitrogens is 4. The number of halogens is 2. The second kappa shape index (κ2) is 10.4. The summed E-state index contributed by atoms with van der Waals surface area (Å²) >= 11 is 6.64. The zero-order valence-corrected chi connectivity index (χ0v) is 22.3. The number of alkyl carbamates (subject to hydrolysis) is 1. The van der Waals surface area contributed by atoms with E-state index < -0.39 is 27.2 Å². The lowest BCUT2D eigenvalue weighted by molar-refractivity contribution is 0.168. The van der Waals surface area contributed by atoms with Crippen molar-refractivity contribution in [2.75, 3.05) is 23.7 Å². The number of rotatable bonds is 10. The highest BCUT2D eigenvalue weighted by Crippen LogP contribution is 2.44. The van der Waals surface area contributed by atoms with Crippen molar-refractivity contribution in [3.8, 4) is 22.6 Å². The van der Waals surface area contributed by atoms with Gasteiger partial charge in [-0.2, -0.15) is 0 Å². The largest absolute Gasteiger partial charge is 0.453 e. The smallest absolute Gasteiger partial charge is 0.407 e. The molecular weight excluding hydrogens is 537 g/mol. The maximum absolute atomic E-state index is 14.7. The van der Waals surface area contributed by atoms with Crippen molar-refractivity contribution < 1.29 is 22.3 Å². The van der Waals surface area contributed by atoms with Gasteiger partial charge in [0.05, 0.1) is 40.2 Å². The van der Waals surface area contributed by atoms with Crippen LogP contribution in [0.1, 0.15) is 44.3 Å². The first-order chi connectivity index (χ1) is 18.1.